The summed E-state index contributed by atoms with van der Waals surface area (Å²) in [5, 5.41) is 2.12. The van der Waals surface area contributed by atoms with Gasteiger partial charge in [-0.2, -0.15) is 0 Å². The van der Waals surface area contributed by atoms with Gasteiger partial charge in [0, 0.05) is 0 Å². The molecule has 16 heavy (non-hydrogen) atoms. The van der Waals surface area contributed by atoms with Crippen molar-refractivity contribution >= 4 is 12.0 Å². The van der Waals surface area contributed by atoms with Crippen molar-refractivity contribution < 1.29 is 14.3 Å². The van der Waals surface area contributed by atoms with Crippen molar-refractivity contribution in [3.05, 3.63) is 0 Å². The maximum atomic E-state index is 11.4. The third kappa shape index (κ3) is 7.23. The number of alkyl carbamates (subject to hydrolysis) is 1. The van der Waals surface area contributed by atoms with Crippen LogP contribution in [0.1, 0.15) is 41.0 Å². The Bertz CT molecular complexity index is 256. The maximum Gasteiger partial charge on any atom is 0.414 e. The molecule has 0 aromatic rings. The number of hydrogen-bond acceptors (Lipinski definition) is 4. The predicted octanol–water partition coefficient (Wildman–Crippen LogP) is 1.41. The monoisotopic (exact) mass is 230 g/mol. The van der Waals surface area contributed by atoms with E-state index in [1.54, 1.807) is 20.8 Å². The van der Waals surface area contributed by atoms with Crippen LogP contribution in [0.15, 0.2) is 0 Å². The van der Waals surface area contributed by atoms with Gasteiger partial charge in [-0.1, -0.05) is 13.8 Å². The first-order valence-electron chi connectivity index (χ1n) is 5.41. The fraction of sp³-hybridized carbons (Fsp3) is 0.818. The molecule has 0 bridgehead atoms. The molecule has 0 unspecified atom stereocenters. The molecule has 0 saturated carbocycles. The molecular formula is C11H22N2O3. The lowest BCUT2D eigenvalue weighted by molar-refractivity contribution is -0.122. The van der Waals surface area contributed by atoms with Crippen molar-refractivity contribution in [2.24, 2.45) is 11.7 Å². The third-order valence-electron chi connectivity index (χ3n) is 1.69. The van der Waals surface area contributed by atoms with E-state index in [0.717, 1.165) is 0 Å². The summed E-state index contributed by atoms with van der Waals surface area (Å²) in [6.45, 7) is 9.10. The highest BCUT2D eigenvalue weighted by Crippen LogP contribution is 2.07. The van der Waals surface area contributed by atoms with Crippen LogP contribution in [0.4, 0.5) is 4.79 Å². The normalized spacial score (nSPS) is 13.4. The number of rotatable bonds is 3. The van der Waals surface area contributed by atoms with Gasteiger partial charge < -0.3 is 10.5 Å². The minimum Gasteiger partial charge on any atom is -0.444 e. The molecule has 0 radical (unpaired) electrons. The van der Waals surface area contributed by atoms with Crippen LogP contribution in [0, 0.1) is 5.92 Å². The second-order valence-electron chi connectivity index (χ2n) is 5.23. The fourth-order valence-corrected chi connectivity index (χ4v) is 1.11. The zero-order chi connectivity index (χ0) is 12.9. The summed E-state index contributed by atoms with van der Waals surface area (Å²) in [4.78, 5) is 22.7. The minimum absolute atomic E-state index is 0.305. The largest absolute Gasteiger partial charge is 0.444 e. The highest BCUT2D eigenvalue weighted by Gasteiger charge is 2.21. The van der Waals surface area contributed by atoms with Gasteiger partial charge >= 0.3 is 6.09 Å². The number of imide groups is 1. The number of nitrogens with one attached hydrogen (secondary N) is 1. The van der Waals surface area contributed by atoms with Crippen molar-refractivity contribution in [3.63, 3.8) is 0 Å². The summed E-state index contributed by atoms with van der Waals surface area (Å²) in [6, 6.07) is -0.674. The van der Waals surface area contributed by atoms with E-state index in [-0.39, 0.29) is 0 Å². The molecule has 0 rings (SSSR count). The second-order valence-corrected chi connectivity index (χ2v) is 5.23. The Morgan fingerprint density at radius 2 is 1.81 bits per heavy atom. The van der Waals surface area contributed by atoms with E-state index in [0.29, 0.717) is 12.3 Å². The first kappa shape index (κ1) is 14.9. The van der Waals surface area contributed by atoms with Crippen LogP contribution >= 0.6 is 0 Å². The van der Waals surface area contributed by atoms with Crippen LogP contribution in [-0.2, 0) is 9.53 Å². The van der Waals surface area contributed by atoms with E-state index in [1.807, 2.05) is 13.8 Å². The second kappa shape index (κ2) is 5.84. The summed E-state index contributed by atoms with van der Waals surface area (Å²) < 4.78 is 4.94. The molecule has 5 nitrogen and oxygen atoms in total. The van der Waals surface area contributed by atoms with Crippen LogP contribution < -0.4 is 11.1 Å². The number of carbonyl (C=O) groups is 2. The van der Waals surface area contributed by atoms with E-state index >= 15 is 0 Å². The number of carbonyl (C=O) groups excluding carboxylic acids is 2. The fourth-order valence-electron chi connectivity index (χ4n) is 1.11. The van der Waals surface area contributed by atoms with Crippen LogP contribution in [0.2, 0.25) is 0 Å². The van der Waals surface area contributed by atoms with Gasteiger partial charge in [-0.3, -0.25) is 10.1 Å². The predicted molar refractivity (Wildman–Crippen MR) is 61.8 cm³/mol. The standard InChI is InChI=1S/C11H22N2O3/c1-7(2)6-8(12)9(14)13-10(15)16-11(3,4)5/h7-8H,6,12H2,1-5H3,(H,13,14,15)/t8-/m1/s1. The van der Waals surface area contributed by atoms with Gasteiger partial charge in [-0.15, -0.1) is 0 Å². The molecule has 0 aliphatic rings. The molecule has 0 heterocycles. The summed E-state index contributed by atoms with van der Waals surface area (Å²) in [6.07, 6.45) is -0.217. The van der Waals surface area contributed by atoms with E-state index < -0.39 is 23.6 Å². The van der Waals surface area contributed by atoms with Gasteiger partial charge in [0.05, 0.1) is 6.04 Å². The van der Waals surface area contributed by atoms with E-state index in [2.05, 4.69) is 5.32 Å². The van der Waals surface area contributed by atoms with Gasteiger partial charge in [0.15, 0.2) is 0 Å². The van der Waals surface area contributed by atoms with Crippen molar-refractivity contribution in [2.75, 3.05) is 0 Å². The molecule has 2 amide bonds. The molecule has 0 spiro atoms. The number of nitrogens with two attached hydrogens (primary N) is 1. The third-order valence-corrected chi connectivity index (χ3v) is 1.69. The Morgan fingerprint density at radius 3 is 2.19 bits per heavy atom. The Hall–Kier alpha value is -1.10. The SMILES string of the molecule is CC(C)C[C@@H](N)C(=O)NC(=O)OC(C)(C)C. The van der Waals surface area contributed by atoms with Crippen LogP contribution in [0.5, 0.6) is 0 Å². The van der Waals surface area contributed by atoms with Crippen molar-refractivity contribution in [3.8, 4) is 0 Å². The van der Waals surface area contributed by atoms with Gasteiger partial charge in [0.2, 0.25) is 5.91 Å². The molecule has 3 N–H and O–H groups in total. The number of hydrogen-bond donors (Lipinski definition) is 2. The molecule has 0 aliphatic carbocycles. The van der Waals surface area contributed by atoms with Crippen LogP contribution in [0.25, 0.3) is 0 Å². The highest BCUT2D eigenvalue weighted by molar-refractivity contribution is 5.94. The Balaban J connectivity index is 4.10. The summed E-state index contributed by atoms with van der Waals surface area (Å²) in [7, 11) is 0. The smallest absolute Gasteiger partial charge is 0.414 e. The summed E-state index contributed by atoms with van der Waals surface area (Å²) >= 11 is 0. The quantitative estimate of drug-likeness (QED) is 0.768. The highest BCUT2D eigenvalue weighted by atomic mass is 16.6. The maximum absolute atomic E-state index is 11.4. The summed E-state index contributed by atoms with van der Waals surface area (Å²) in [5.41, 5.74) is 4.99. The minimum atomic E-state index is -0.753. The van der Waals surface area contributed by atoms with Gasteiger partial charge in [0.1, 0.15) is 5.60 Å². The molecule has 5 heteroatoms. The Kier molecular flexibility index (Phi) is 5.44. The van der Waals surface area contributed by atoms with E-state index in [9.17, 15) is 9.59 Å². The van der Waals surface area contributed by atoms with Crippen LogP contribution in [-0.4, -0.2) is 23.6 Å². The Labute approximate surface area is 96.7 Å². The van der Waals surface area contributed by atoms with Crippen LogP contribution in [0.3, 0.4) is 0 Å². The molecule has 0 saturated heterocycles. The lowest BCUT2D eigenvalue weighted by Crippen LogP contribution is -2.45. The first-order valence-corrected chi connectivity index (χ1v) is 5.41. The molecule has 0 aliphatic heterocycles. The average Bonchev–Trinajstić information content (AvgIpc) is 1.98. The van der Waals surface area contributed by atoms with Crippen molar-refractivity contribution in [1.82, 2.24) is 5.32 Å². The molecule has 0 fully saturated rings. The topological polar surface area (TPSA) is 81.4 Å². The summed E-state index contributed by atoms with van der Waals surface area (Å²) in [5.74, 6) is -0.192. The molecule has 94 valence electrons. The molecule has 0 aromatic carbocycles. The molecule has 0 aromatic heterocycles. The zero-order valence-electron chi connectivity index (χ0n) is 10.7. The molecule has 1 atom stereocenters. The van der Waals surface area contributed by atoms with Gasteiger partial charge in [-0.25, -0.2) is 4.79 Å². The van der Waals surface area contributed by atoms with Crippen molar-refractivity contribution in [1.29, 1.82) is 0 Å². The number of amides is 2. The van der Waals surface area contributed by atoms with E-state index in [4.69, 9.17) is 10.5 Å². The molecular weight excluding hydrogens is 208 g/mol. The lowest BCUT2D eigenvalue weighted by atomic mass is 10.0. The number of ether oxygens (including phenoxy) is 1. The average molecular weight is 230 g/mol. The van der Waals surface area contributed by atoms with Crippen molar-refractivity contribution in [2.45, 2.75) is 52.7 Å². The lowest BCUT2D eigenvalue weighted by Gasteiger charge is -2.20. The van der Waals surface area contributed by atoms with Gasteiger partial charge in [0.25, 0.3) is 0 Å². The Morgan fingerprint density at radius 1 is 1.31 bits per heavy atom. The zero-order valence-corrected chi connectivity index (χ0v) is 10.7. The van der Waals surface area contributed by atoms with E-state index in [1.165, 1.54) is 0 Å². The first-order chi connectivity index (χ1) is 7.11. The van der Waals surface area contributed by atoms with Gasteiger partial charge in [-0.05, 0) is 33.1 Å².